The zero-order valence-corrected chi connectivity index (χ0v) is 13.2. The number of rotatable bonds is 3. The monoisotopic (exact) mass is 319 g/mol. The summed E-state index contributed by atoms with van der Waals surface area (Å²) in [6.07, 6.45) is 4.16. The van der Waals surface area contributed by atoms with Crippen LogP contribution in [0.5, 0.6) is 0 Å². The van der Waals surface area contributed by atoms with E-state index in [0.717, 1.165) is 31.2 Å². The third-order valence-electron chi connectivity index (χ3n) is 4.05. The number of sulfonamides is 1. The van der Waals surface area contributed by atoms with Crippen LogP contribution in [-0.4, -0.2) is 8.42 Å². The predicted octanol–water partition coefficient (Wildman–Crippen LogP) is 3.81. The van der Waals surface area contributed by atoms with Crippen molar-refractivity contribution in [1.82, 2.24) is 0 Å². The first-order valence-electron chi connectivity index (χ1n) is 7.36. The molecule has 1 N–H and O–H groups in total. The first kappa shape index (κ1) is 15.0. The Morgan fingerprint density at radius 2 is 1.73 bits per heavy atom. The number of hydrogen-bond donors (Lipinski definition) is 1. The second-order valence-corrected chi connectivity index (χ2v) is 7.39. The molecule has 0 amide bonds. The van der Waals surface area contributed by atoms with Crippen molar-refractivity contribution in [3.05, 3.63) is 58.9 Å². The van der Waals surface area contributed by atoms with Crippen LogP contribution in [-0.2, 0) is 22.9 Å². The number of hydrogen-bond acceptors (Lipinski definition) is 2. The Morgan fingerprint density at radius 3 is 2.45 bits per heavy atom. The Kier molecular flexibility index (Phi) is 3.91. The second kappa shape index (κ2) is 5.72. The number of benzene rings is 2. The minimum absolute atomic E-state index is 0.231. The van der Waals surface area contributed by atoms with Gasteiger partial charge < -0.3 is 0 Å². The number of anilines is 1. The fourth-order valence-electron chi connectivity index (χ4n) is 2.75. The molecule has 0 atom stereocenters. The molecular formula is C17H18FNO2S. The van der Waals surface area contributed by atoms with Gasteiger partial charge in [0.15, 0.2) is 0 Å². The van der Waals surface area contributed by atoms with Gasteiger partial charge in [-0.3, -0.25) is 4.72 Å². The quantitative estimate of drug-likeness (QED) is 0.935. The van der Waals surface area contributed by atoms with E-state index in [4.69, 9.17) is 0 Å². The van der Waals surface area contributed by atoms with E-state index in [1.165, 1.54) is 11.6 Å². The summed E-state index contributed by atoms with van der Waals surface area (Å²) in [4.78, 5) is 0.231. The molecule has 0 radical (unpaired) electrons. The van der Waals surface area contributed by atoms with Crippen molar-refractivity contribution in [2.45, 2.75) is 37.5 Å². The third kappa shape index (κ3) is 2.99. The molecule has 116 valence electrons. The molecule has 0 heterocycles. The molecule has 0 spiro atoms. The van der Waals surface area contributed by atoms with Gasteiger partial charge in [-0.1, -0.05) is 12.1 Å². The molecule has 0 fully saturated rings. The summed E-state index contributed by atoms with van der Waals surface area (Å²) in [6.45, 7) is 1.64. The maximum absolute atomic E-state index is 13.5. The Labute approximate surface area is 130 Å². The van der Waals surface area contributed by atoms with E-state index >= 15 is 0 Å². The lowest BCUT2D eigenvalue weighted by Gasteiger charge is -2.17. The molecule has 0 bridgehead atoms. The highest BCUT2D eigenvalue weighted by atomic mass is 32.2. The molecule has 3 rings (SSSR count). The van der Waals surface area contributed by atoms with E-state index in [-0.39, 0.29) is 10.6 Å². The molecule has 2 aromatic rings. The standard InChI is InChI=1S/C17H18FNO2S/c1-12-6-8-15(11-17(12)18)19-22(20,21)16-9-7-13-4-2-3-5-14(13)10-16/h6-11,19H,2-5H2,1H3. The molecule has 22 heavy (non-hydrogen) atoms. The van der Waals surface area contributed by atoms with Gasteiger partial charge in [0.05, 0.1) is 10.6 Å². The Balaban J connectivity index is 1.90. The van der Waals surface area contributed by atoms with Crippen molar-refractivity contribution < 1.29 is 12.8 Å². The van der Waals surface area contributed by atoms with Gasteiger partial charge in [-0.25, -0.2) is 12.8 Å². The van der Waals surface area contributed by atoms with Gasteiger partial charge in [0.25, 0.3) is 10.0 Å². The molecule has 0 aromatic heterocycles. The van der Waals surface area contributed by atoms with Gasteiger partial charge in [-0.05, 0) is 73.6 Å². The highest BCUT2D eigenvalue weighted by molar-refractivity contribution is 7.92. The fourth-order valence-corrected chi connectivity index (χ4v) is 3.85. The summed E-state index contributed by atoms with van der Waals surface area (Å²) in [5.74, 6) is -0.425. The topological polar surface area (TPSA) is 46.2 Å². The number of fused-ring (bicyclic) bond motifs is 1. The first-order valence-corrected chi connectivity index (χ1v) is 8.85. The number of aryl methyl sites for hydroxylation is 3. The molecule has 1 aliphatic carbocycles. The van der Waals surface area contributed by atoms with Gasteiger partial charge in [-0.15, -0.1) is 0 Å². The third-order valence-corrected chi connectivity index (χ3v) is 5.43. The summed E-state index contributed by atoms with van der Waals surface area (Å²) in [5.41, 5.74) is 3.05. The highest BCUT2D eigenvalue weighted by Crippen LogP contribution is 2.25. The highest BCUT2D eigenvalue weighted by Gasteiger charge is 2.18. The maximum Gasteiger partial charge on any atom is 0.261 e. The van der Waals surface area contributed by atoms with Crippen LogP contribution >= 0.6 is 0 Å². The van der Waals surface area contributed by atoms with Crippen LogP contribution in [0.3, 0.4) is 0 Å². The zero-order valence-electron chi connectivity index (χ0n) is 12.4. The van der Waals surface area contributed by atoms with Crippen LogP contribution in [0.25, 0.3) is 0 Å². The Bertz CT molecular complexity index is 815. The lowest BCUT2D eigenvalue weighted by Crippen LogP contribution is -2.14. The summed E-state index contributed by atoms with van der Waals surface area (Å²) in [7, 11) is -3.69. The fraction of sp³-hybridized carbons (Fsp3) is 0.294. The van der Waals surface area contributed by atoms with E-state index < -0.39 is 15.8 Å². The lowest BCUT2D eigenvalue weighted by atomic mass is 9.92. The van der Waals surface area contributed by atoms with Crippen LogP contribution < -0.4 is 4.72 Å². The first-order chi connectivity index (χ1) is 10.5. The molecular weight excluding hydrogens is 301 g/mol. The van der Waals surface area contributed by atoms with E-state index in [9.17, 15) is 12.8 Å². The molecule has 0 saturated carbocycles. The van der Waals surface area contributed by atoms with Crippen molar-refractivity contribution in [3.8, 4) is 0 Å². The second-order valence-electron chi connectivity index (χ2n) is 5.71. The number of nitrogens with one attached hydrogen (secondary N) is 1. The van der Waals surface area contributed by atoms with Crippen LogP contribution in [0.1, 0.15) is 29.5 Å². The van der Waals surface area contributed by atoms with E-state index in [0.29, 0.717) is 5.56 Å². The van der Waals surface area contributed by atoms with Gasteiger partial charge in [0.2, 0.25) is 0 Å². The van der Waals surface area contributed by atoms with Crippen molar-refractivity contribution in [1.29, 1.82) is 0 Å². The zero-order chi connectivity index (χ0) is 15.7. The molecule has 3 nitrogen and oxygen atoms in total. The molecule has 0 unspecified atom stereocenters. The van der Waals surface area contributed by atoms with Crippen LogP contribution in [0.15, 0.2) is 41.3 Å². The van der Waals surface area contributed by atoms with Crippen LogP contribution in [0.2, 0.25) is 0 Å². The van der Waals surface area contributed by atoms with Crippen molar-refractivity contribution >= 4 is 15.7 Å². The summed E-state index contributed by atoms with van der Waals surface area (Å²) >= 11 is 0. The molecule has 1 aliphatic rings. The smallest absolute Gasteiger partial charge is 0.261 e. The van der Waals surface area contributed by atoms with E-state index in [1.807, 2.05) is 6.07 Å². The van der Waals surface area contributed by atoms with Gasteiger partial charge >= 0.3 is 0 Å². The van der Waals surface area contributed by atoms with Gasteiger partial charge in [0, 0.05) is 0 Å². The summed E-state index contributed by atoms with van der Waals surface area (Å²) < 4.78 is 40.9. The summed E-state index contributed by atoms with van der Waals surface area (Å²) in [5, 5.41) is 0. The average Bonchev–Trinajstić information content (AvgIpc) is 2.50. The SMILES string of the molecule is Cc1ccc(NS(=O)(=O)c2ccc3c(c2)CCCC3)cc1F. The molecule has 0 saturated heterocycles. The largest absolute Gasteiger partial charge is 0.280 e. The molecule has 2 aromatic carbocycles. The van der Waals surface area contributed by atoms with Gasteiger partial charge in [0.1, 0.15) is 5.82 Å². The van der Waals surface area contributed by atoms with Crippen molar-refractivity contribution in [3.63, 3.8) is 0 Å². The van der Waals surface area contributed by atoms with Crippen molar-refractivity contribution in [2.75, 3.05) is 4.72 Å². The Hall–Kier alpha value is -1.88. The van der Waals surface area contributed by atoms with Gasteiger partial charge in [-0.2, -0.15) is 0 Å². The van der Waals surface area contributed by atoms with E-state index in [2.05, 4.69) is 4.72 Å². The predicted molar refractivity (Wildman–Crippen MR) is 85.0 cm³/mol. The molecule has 5 heteroatoms. The van der Waals surface area contributed by atoms with Crippen LogP contribution in [0, 0.1) is 12.7 Å². The molecule has 0 aliphatic heterocycles. The summed E-state index contributed by atoms with van der Waals surface area (Å²) in [6, 6.07) is 9.57. The maximum atomic E-state index is 13.5. The average molecular weight is 319 g/mol. The van der Waals surface area contributed by atoms with Crippen LogP contribution in [0.4, 0.5) is 10.1 Å². The van der Waals surface area contributed by atoms with E-state index in [1.54, 1.807) is 31.2 Å². The lowest BCUT2D eigenvalue weighted by molar-refractivity contribution is 0.600. The number of halogens is 1. The Morgan fingerprint density at radius 1 is 1.00 bits per heavy atom. The minimum Gasteiger partial charge on any atom is -0.280 e. The normalized spacial score (nSPS) is 14.5. The van der Waals surface area contributed by atoms with Crippen molar-refractivity contribution in [2.24, 2.45) is 0 Å². The minimum atomic E-state index is -3.69.